The predicted octanol–water partition coefficient (Wildman–Crippen LogP) is 0.0101. The Morgan fingerprint density at radius 2 is 2.50 bits per heavy atom. The normalized spacial score (nSPS) is 30.8. The van der Waals surface area contributed by atoms with Gasteiger partial charge in [-0.25, -0.2) is 0 Å². The molecule has 2 aliphatic rings. The molecule has 4 heteroatoms. The summed E-state index contributed by atoms with van der Waals surface area (Å²) in [5.74, 6) is 0. The van der Waals surface area contributed by atoms with Gasteiger partial charge in [-0.1, -0.05) is 18.2 Å². The van der Waals surface area contributed by atoms with E-state index in [1.807, 2.05) is 18.2 Å². The van der Waals surface area contributed by atoms with E-state index in [2.05, 4.69) is 11.6 Å². The van der Waals surface area contributed by atoms with E-state index in [-0.39, 0.29) is 6.17 Å². The summed E-state index contributed by atoms with van der Waals surface area (Å²) in [7, 11) is 0. The lowest BCUT2D eigenvalue weighted by Gasteiger charge is -2.30. The van der Waals surface area contributed by atoms with E-state index in [1.165, 1.54) is 0 Å². The summed E-state index contributed by atoms with van der Waals surface area (Å²) in [6, 6.07) is 0. The van der Waals surface area contributed by atoms with Crippen LogP contribution in [0.15, 0.2) is 18.2 Å². The highest BCUT2D eigenvalue weighted by atomic mass is 16.7. The molecule has 2 aliphatic heterocycles. The number of hydrogen-bond acceptors (Lipinski definition) is 4. The summed E-state index contributed by atoms with van der Waals surface area (Å²) in [5.41, 5.74) is 2.85. The van der Waals surface area contributed by atoms with Crippen molar-refractivity contribution >= 4 is 0 Å². The van der Waals surface area contributed by atoms with Crippen LogP contribution >= 0.6 is 0 Å². The maximum atomic E-state index is 5.34. The number of nitrogens with zero attached hydrogens (tertiary/aromatic N) is 1. The first-order chi connectivity index (χ1) is 5.97. The Labute approximate surface area is 71.3 Å². The highest BCUT2D eigenvalue weighted by Gasteiger charge is 2.18. The van der Waals surface area contributed by atoms with Gasteiger partial charge in [-0.05, 0) is 6.08 Å². The van der Waals surface area contributed by atoms with E-state index in [4.69, 9.17) is 9.68 Å². The van der Waals surface area contributed by atoms with Gasteiger partial charge >= 0.3 is 0 Å². The molecule has 0 saturated heterocycles. The van der Waals surface area contributed by atoms with Gasteiger partial charge in [0.2, 0.25) is 0 Å². The van der Waals surface area contributed by atoms with Crippen molar-refractivity contribution in [2.24, 2.45) is 0 Å². The summed E-state index contributed by atoms with van der Waals surface area (Å²) < 4.78 is 0. The molecule has 1 unspecified atom stereocenters. The lowest BCUT2D eigenvalue weighted by atomic mass is 10.3. The third kappa shape index (κ3) is 1.73. The number of nitrogens with one attached hydrogen (secondary N) is 1. The van der Waals surface area contributed by atoms with Gasteiger partial charge in [-0.3, -0.25) is 9.68 Å². The molecule has 2 rings (SSSR count). The third-order valence-electron chi connectivity index (χ3n) is 1.73. The smallest absolute Gasteiger partial charge is 0.126 e. The largest absolute Gasteiger partial charge is 0.296 e. The minimum Gasteiger partial charge on any atom is -0.296 e. The predicted molar refractivity (Wildman–Crippen MR) is 42.5 cm³/mol. The SMILES string of the molecule is [C]1=CCON(C2C=CCON2)C1. The van der Waals surface area contributed by atoms with E-state index in [9.17, 15) is 0 Å². The highest BCUT2D eigenvalue weighted by molar-refractivity contribution is 4.94. The molecule has 4 nitrogen and oxygen atoms in total. The maximum absolute atomic E-state index is 5.34. The minimum absolute atomic E-state index is 0.0138. The summed E-state index contributed by atoms with van der Waals surface area (Å²) in [5, 5.41) is 1.79. The first kappa shape index (κ1) is 7.94. The van der Waals surface area contributed by atoms with Gasteiger partial charge in [-0.2, -0.15) is 10.5 Å². The van der Waals surface area contributed by atoms with Crippen LogP contribution in [0.3, 0.4) is 0 Å². The Morgan fingerprint density at radius 3 is 3.17 bits per heavy atom. The van der Waals surface area contributed by atoms with Gasteiger partial charge < -0.3 is 0 Å². The first-order valence-corrected chi connectivity index (χ1v) is 3.95. The van der Waals surface area contributed by atoms with Crippen molar-refractivity contribution in [1.29, 1.82) is 0 Å². The van der Waals surface area contributed by atoms with Crippen molar-refractivity contribution in [3.8, 4) is 0 Å². The molecule has 0 aliphatic carbocycles. The van der Waals surface area contributed by atoms with Crippen LogP contribution in [0.1, 0.15) is 0 Å². The first-order valence-electron chi connectivity index (χ1n) is 3.95. The Balaban J connectivity index is 1.94. The van der Waals surface area contributed by atoms with E-state index >= 15 is 0 Å². The molecule has 0 saturated carbocycles. The van der Waals surface area contributed by atoms with E-state index in [0.29, 0.717) is 19.8 Å². The van der Waals surface area contributed by atoms with Gasteiger partial charge in [0.05, 0.1) is 19.8 Å². The average Bonchev–Trinajstić information content (AvgIpc) is 2.21. The van der Waals surface area contributed by atoms with Crippen molar-refractivity contribution in [2.45, 2.75) is 6.17 Å². The van der Waals surface area contributed by atoms with E-state index in [0.717, 1.165) is 0 Å². The number of hydroxylamine groups is 3. The van der Waals surface area contributed by atoms with Crippen molar-refractivity contribution in [2.75, 3.05) is 19.8 Å². The standard InChI is InChI=1S/C8H11N2O2/c1-2-7-12-10(5-1)8-4-3-6-11-9-8/h2-4,8-9H,5-7H2. The Morgan fingerprint density at radius 1 is 1.50 bits per heavy atom. The molecule has 0 aromatic heterocycles. The molecule has 0 spiro atoms. The average molecular weight is 167 g/mol. The summed E-state index contributed by atoms with van der Waals surface area (Å²) in [6.45, 7) is 1.88. The van der Waals surface area contributed by atoms with Gasteiger partial charge in [0.1, 0.15) is 6.17 Å². The zero-order valence-corrected chi connectivity index (χ0v) is 6.69. The molecule has 0 amide bonds. The lowest BCUT2D eigenvalue weighted by molar-refractivity contribution is -0.199. The van der Waals surface area contributed by atoms with Crippen LogP contribution in [0.4, 0.5) is 0 Å². The Bertz CT molecular complexity index is 203. The van der Waals surface area contributed by atoms with Gasteiger partial charge in [0, 0.05) is 0 Å². The highest BCUT2D eigenvalue weighted by Crippen LogP contribution is 2.06. The van der Waals surface area contributed by atoms with Gasteiger partial charge in [-0.15, -0.1) is 0 Å². The second-order valence-corrected chi connectivity index (χ2v) is 2.58. The molecule has 12 heavy (non-hydrogen) atoms. The van der Waals surface area contributed by atoms with Crippen LogP contribution in [0, 0.1) is 6.08 Å². The number of hydrogen-bond donors (Lipinski definition) is 1. The van der Waals surface area contributed by atoms with E-state index in [1.54, 1.807) is 5.06 Å². The molecular formula is C8H11N2O2. The Hall–Kier alpha value is -0.680. The van der Waals surface area contributed by atoms with Crippen LogP contribution in [-0.2, 0) is 9.68 Å². The van der Waals surface area contributed by atoms with Crippen molar-refractivity contribution in [1.82, 2.24) is 10.5 Å². The van der Waals surface area contributed by atoms with Crippen LogP contribution in [-0.4, -0.2) is 31.0 Å². The molecule has 1 atom stereocenters. The van der Waals surface area contributed by atoms with E-state index < -0.39 is 0 Å². The fourth-order valence-corrected chi connectivity index (χ4v) is 1.13. The second-order valence-electron chi connectivity index (χ2n) is 2.58. The Kier molecular flexibility index (Phi) is 2.53. The van der Waals surface area contributed by atoms with Crippen LogP contribution in [0.5, 0.6) is 0 Å². The zero-order valence-electron chi connectivity index (χ0n) is 6.69. The fourth-order valence-electron chi connectivity index (χ4n) is 1.13. The molecular weight excluding hydrogens is 156 g/mol. The fraction of sp³-hybridized carbons (Fsp3) is 0.500. The van der Waals surface area contributed by atoms with Crippen molar-refractivity contribution < 1.29 is 9.68 Å². The van der Waals surface area contributed by atoms with Crippen LogP contribution in [0.25, 0.3) is 0 Å². The topological polar surface area (TPSA) is 33.7 Å². The summed E-state index contributed by atoms with van der Waals surface area (Å²) in [4.78, 5) is 10.4. The second kappa shape index (κ2) is 3.82. The van der Waals surface area contributed by atoms with Gasteiger partial charge in [0.25, 0.3) is 0 Å². The summed E-state index contributed by atoms with van der Waals surface area (Å²) in [6.07, 6.45) is 8.94. The third-order valence-corrected chi connectivity index (χ3v) is 1.73. The van der Waals surface area contributed by atoms with Crippen molar-refractivity contribution in [3.05, 3.63) is 24.3 Å². The minimum atomic E-state index is 0.0138. The zero-order chi connectivity index (χ0) is 8.23. The molecule has 0 aromatic carbocycles. The molecule has 0 fully saturated rings. The molecule has 0 aromatic rings. The monoisotopic (exact) mass is 167 g/mol. The maximum Gasteiger partial charge on any atom is 0.126 e. The van der Waals surface area contributed by atoms with Crippen LogP contribution < -0.4 is 5.48 Å². The quantitative estimate of drug-likeness (QED) is 0.558. The molecule has 65 valence electrons. The molecule has 1 N–H and O–H groups in total. The van der Waals surface area contributed by atoms with Gasteiger partial charge in [0.15, 0.2) is 0 Å². The molecule has 0 bridgehead atoms. The van der Waals surface area contributed by atoms with Crippen molar-refractivity contribution in [3.63, 3.8) is 0 Å². The van der Waals surface area contributed by atoms with Crippen LogP contribution in [0.2, 0.25) is 0 Å². The summed E-state index contributed by atoms with van der Waals surface area (Å²) >= 11 is 0. The molecule has 1 radical (unpaired) electrons. The molecule has 2 heterocycles. The lowest BCUT2D eigenvalue weighted by Crippen LogP contribution is -2.47. The number of rotatable bonds is 1.